The summed E-state index contributed by atoms with van der Waals surface area (Å²) in [4.78, 5) is 12.9. The molecule has 0 atom stereocenters. The molecule has 0 aromatic carbocycles. The lowest BCUT2D eigenvalue weighted by molar-refractivity contribution is -0.0437. The molecule has 0 aliphatic carbocycles. The van der Waals surface area contributed by atoms with Crippen LogP contribution in [0.15, 0.2) is 4.90 Å². The van der Waals surface area contributed by atoms with E-state index in [1.54, 1.807) is 4.72 Å². The normalized spacial score (nSPS) is 12.7. The summed E-state index contributed by atoms with van der Waals surface area (Å²) in [5, 5.41) is 17.2. The van der Waals surface area contributed by atoms with Gasteiger partial charge in [-0.1, -0.05) is 0 Å². The number of nitrogens with one attached hydrogen (secondary N) is 2. The minimum absolute atomic E-state index is 0.0275. The van der Waals surface area contributed by atoms with Gasteiger partial charge in [-0.2, -0.15) is 0 Å². The number of carboxylic acids is 1. The molecule has 0 saturated heterocycles. The number of alkyl halides is 2. The number of sulfonamides is 1. The number of halogens is 2. The molecule has 7 nitrogen and oxygen atoms in total. The smallest absolute Gasteiger partial charge is 0.352 e. The molecular formula is C10H14F2N2O5S. The van der Waals surface area contributed by atoms with E-state index in [1.807, 2.05) is 0 Å². The molecular weight excluding hydrogens is 298 g/mol. The fourth-order valence-corrected chi connectivity index (χ4v) is 3.18. The maximum absolute atomic E-state index is 12.9. The van der Waals surface area contributed by atoms with Crippen molar-refractivity contribution in [2.45, 2.75) is 24.7 Å². The summed E-state index contributed by atoms with van der Waals surface area (Å²) in [6.45, 7) is -0.205. The molecule has 0 radical (unpaired) electrons. The Morgan fingerprint density at radius 2 is 1.95 bits per heavy atom. The van der Waals surface area contributed by atoms with E-state index in [9.17, 15) is 22.0 Å². The van der Waals surface area contributed by atoms with Gasteiger partial charge in [0.2, 0.25) is 10.0 Å². The average Bonchev–Trinajstić information content (AvgIpc) is 2.63. The Hall–Kier alpha value is -1.52. The van der Waals surface area contributed by atoms with Crippen LogP contribution >= 0.6 is 0 Å². The average molecular weight is 312 g/mol. The van der Waals surface area contributed by atoms with Crippen LogP contribution in [0.1, 0.15) is 21.7 Å². The second-order valence-corrected chi connectivity index (χ2v) is 5.93. The number of carboxylic acid groups (broad SMARTS) is 1. The molecule has 1 aromatic rings. The first-order valence-corrected chi connectivity index (χ1v) is 6.91. The van der Waals surface area contributed by atoms with E-state index in [2.05, 4.69) is 4.98 Å². The second-order valence-electron chi connectivity index (χ2n) is 4.22. The van der Waals surface area contributed by atoms with E-state index >= 15 is 0 Å². The van der Waals surface area contributed by atoms with Crippen molar-refractivity contribution in [2.75, 3.05) is 13.2 Å². The molecule has 1 rings (SSSR count). The number of H-pyrrole nitrogens is 1. The Labute approximate surface area is 113 Å². The van der Waals surface area contributed by atoms with Gasteiger partial charge in [-0.3, -0.25) is 0 Å². The van der Waals surface area contributed by atoms with Gasteiger partial charge in [0, 0.05) is 11.3 Å². The molecule has 1 heterocycles. The molecule has 0 unspecified atom stereocenters. The summed E-state index contributed by atoms with van der Waals surface area (Å²) in [6, 6.07) is 0. The van der Waals surface area contributed by atoms with Crippen molar-refractivity contribution in [1.29, 1.82) is 0 Å². The van der Waals surface area contributed by atoms with Crippen LogP contribution in [0.25, 0.3) is 0 Å². The van der Waals surface area contributed by atoms with Gasteiger partial charge in [-0.05, 0) is 13.8 Å². The third-order valence-corrected chi connectivity index (χ3v) is 4.28. The van der Waals surface area contributed by atoms with Gasteiger partial charge in [0.15, 0.2) is 0 Å². The summed E-state index contributed by atoms with van der Waals surface area (Å²) in [5.41, 5.74) is -0.369. The van der Waals surface area contributed by atoms with Gasteiger partial charge < -0.3 is 15.2 Å². The van der Waals surface area contributed by atoms with E-state index in [0.29, 0.717) is 0 Å². The predicted octanol–water partition coefficient (Wildman–Crippen LogP) is 0.236. The first-order valence-electron chi connectivity index (χ1n) is 5.42. The van der Waals surface area contributed by atoms with Crippen molar-refractivity contribution >= 4 is 16.0 Å². The lowest BCUT2D eigenvalue weighted by Crippen LogP contribution is -2.39. The van der Waals surface area contributed by atoms with E-state index < -0.39 is 35.1 Å². The molecule has 0 fully saturated rings. The predicted molar refractivity (Wildman–Crippen MR) is 64.4 cm³/mol. The van der Waals surface area contributed by atoms with Crippen molar-refractivity contribution in [2.24, 2.45) is 0 Å². The van der Waals surface area contributed by atoms with Crippen LogP contribution in [0.3, 0.4) is 0 Å². The number of hydrogen-bond donors (Lipinski definition) is 4. The Morgan fingerprint density at radius 3 is 2.35 bits per heavy atom. The molecule has 0 bridgehead atoms. The monoisotopic (exact) mass is 312 g/mol. The molecule has 10 heteroatoms. The van der Waals surface area contributed by atoms with E-state index in [1.165, 1.54) is 13.8 Å². The zero-order valence-electron chi connectivity index (χ0n) is 10.7. The largest absolute Gasteiger partial charge is 0.477 e. The van der Waals surface area contributed by atoms with Crippen LogP contribution < -0.4 is 4.72 Å². The summed E-state index contributed by atoms with van der Waals surface area (Å²) < 4.78 is 51.2. The number of rotatable bonds is 6. The number of carbonyl (C=O) groups is 1. The summed E-state index contributed by atoms with van der Waals surface area (Å²) >= 11 is 0. The lowest BCUT2D eigenvalue weighted by Gasteiger charge is -2.14. The van der Waals surface area contributed by atoms with Crippen LogP contribution in [0.2, 0.25) is 0 Å². The standard InChI is InChI=1S/C10H14F2N2O5S/c1-5-7(9(16)17)14-6(2)8(5)20(18,19)13-3-10(11,12)4-15/h13-15H,3-4H2,1-2H3,(H,16,17). The zero-order chi connectivity index (χ0) is 15.7. The molecule has 0 amide bonds. The van der Waals surface area contributed by atoms with Gasteiger partial charge in [0.05, 0.1) is 6.54 Å². The first-order chi connectivity index (χ1) is 9.02. The maximum Gasteiger partial charge on any atom is 0.352 e. The highest BCUT2D eigenvalue weighted by Gasteiger charge is 2.32. The van der Waals surface area contributed by atoms with E-state index in [-0.39, 0.29) is 21.8 Å². The van der Waals surface area contributed by atoms with Crippen molar-refractivity contribution in [3.05, 3.63) is 17.0 Å². The number of aromatic nitrogens is 1. The highest BCUT2D eigenvalue weighted by molar-refractivity contribution is 7.89. The molecule has 114 valence electrons. The fraction of sp³-hybridized carbons (Fsp3) is 0.500. The molecule has 20 heavy (non-hydrogen) atoms. The van der Waals surface area contributed by atoms with Crippen LogP contribution in [-0.2, 0) is 10.0 Å². The van der Waals surface area contributed by atoms with Gasteiger partial charge in [0.1, 0.15) is 17.2 Å². The quantitative estimate of drug-likeness (QED) is 0.599. The third kappa shape index (κ3) is 3.32. The highest BCUT2D eigenvalue weighted by Crippen LogP contribution is 2.23. The topological polar surface area (TPSA) is 119 Å². The number of aromatic amines is 1. The van der Waals surface area contributed by atoms with Crippen molar-refractivity contribution in [3.63, 3.8) is 0 Å². The Kier molecular flexibility index (Phi) is 4.52. The maximum atomic E-state index is 12.9. The second kappa shape index (κ2) is 5.46. The van der Waals surface area contributed by atoms with Gasteiger partial charge >= 0.3 is 5.97 Å². The number of hydrogen-bond acceptors (Lipinski definition) is 4. The molecule has 0 aliphatic rings. The van der Waals surface area contributed by atoms with Crippen molar-refractivity contribution in [3.8, 4) is 0 Å². The fourth-order valence-electron chi connectivity index (χ4n) is 1.68. The molecule has 0 saturated carbocycles. The number of aliphatic hydroxyl groups is 1. The Morgan fingerprint density at radius 1 is 1.40 bits per heavy atom. The summed E-state index contributed by atoms with van der Waals surface area (Å²) in [7, 11) is -4.31. The van der Waals surface area contributed by atoms with Crippen molar-refractivity contribution < 1.29 is 32.2 Å². The summed E-state index contributed by atoms with van der Waals surface area (Å²) in [6.07, 6.45) is 0. The molecule has 0 spiro atoms. The van der Waals surface area contributed by atoms with Gasteiger partial charge in [0.25, 0.3) is 5.92 Å². The van der Waals surface area contributed by atoms with E-state index in [0.717, 1.165) is 0 Å². The third-order valence-electron chi connectivity index (χ3n) is 2.60. The Bertz CT molecular complexity index is 624. The highest BCUT2D eigenvalue weighted by atomic mass is 32.2. The van der Waals surface area contributed by atoms with Crippen LogP contribution in [-0.4, -0.2) is 48.7 Å². The first kappa shape index (κ1) is 16.5. The molecule has 1 aromatic heterocycles. The van der Waals surface area contributed by atoms with E-state index in [4.69, 9.17) is 10.2 Å². The van der Waals surface area contributed by atoms with Gasteiger partial charge in [-0.15, -0.1) is 0 Å². The lowest BCUT2D eigenvalue weighted by atomic mass is 10.2. The summed E-state index contributed by atoms with van der Waals surface area (Å²) in [5.74, 6) is -4.95. The van der Waals surface area contributed by atoms with Crippen LogP contribution in [0.5, 0.6) is 0 Å². The minimum atomic E-state index is -4.31. The number of aliphatic hydroxyl groups excluding tert-OH is 1. The van der Waals surface area contributed by atoms with Crippen LogP contribution in [0.4, 0.5) is 8.78 Å². The van der Waals surface area contributed by atoms with Gasteiger partial charge in [-0.25, -0.2) is 26.7 Å². The Balaban J connectivity index is 3.14. The van der Waals surface area contributed by atoms with Crippen LogP contribution in [0, 0.1) is 13.8 Å². The van der Waals surface area contributed by atoms with Crippen molar-refractivity contribution in [1.82, 2.24) is 9.71 Å². The molecule has 4 N–H and O–H groups in total. The number of aryl methyl sites for hydroxylation is 1. The molecule has 0 aliphatic heterocycles. The SMILES string of the molecule is Cc1[nH]c(C(=O)O)c(C)c1S(=O)(=O)NCC(F)(F)CO. The zero-order valence-corrected chi connectivity index (χ0v) is 11.5. The number of aromatic carboxylic acids is 1. The minimum Gasteiger partial charge on any atom is -0.477 e.